The van der Waals surface area contributed by atoms with Gasteiger partial charge >= 0.3 is 0 Å². The molecule has 1 aromatic carbocycles. The maximum Gasteiger partial charge on any atom is 0.249 e. The summed E-state index contributed by atoms with van der Waals surface area (Å²) in [6, 6.07) is 5.92. The van der Waals surface area contributed by atoms with Crippen LogP contribution in [-0.4, -0.2) is 71.8 Å². The van der Waals surface area contributed by atoms with Crippen molar-refractivity contribution in [2.75, 3.05) is 46.5 Å². The van der Waals surface area contributed by atoms with Gasteiger partial charge in [0.05, 0.1) is 37.1 Å². The Labute approximate surface area is 217 Å². The highest BCUT2D eigenvalue weighted by molar-refractivity contribution is 5.98. The molecule has 0 N–H and O–H groups in total. The lowest BCUT2D eigenvalue weighted by Gasteiger charge is -2.33. The first-order chi connectivity index (χ1) is 18.0. The van der Waals surface area contributed by atoms with E-state index in [1.165, 1.54) is 0 Å². The summed E-state index contributed by atoms with van der Waals surface area (Å²) in [5.41, 5.74) is 4.20. The summed E-state index contributed by atoms with van der Waals surface area (Å²) in [6.45, 7) is 6.05. The van der Waals surface area contributed by atoms with Gasteiger partial charge in [0, 0.05) is 50.5 Å². The van der Waals surface area contributed by atoms with Crippen LogP contribution in [0.2, 0.25) is 0 Å². The smallest absolute Gasteiger partial charge is 0.249 e. The fourth-order valence-corrected chi connectivity index (χ4v) is 5.33. The highest BCUT2D eigenvalue weighted by atomic mass is 19.1. The second-order valence-electron chi connectivity index (χ2n) is 9.93. The number of hydrogen-bond donors (Lipinski definition) is 0. The van der Waals surface area contributed by atoms with E-state index in [-0.39, 0.29) is 17.7 Å². The lowest BCUT2D eigenvalue weighted by Crippen LogP contribution is -2.40. The van der Waals surface area contributed by atoms with Crippen LogP contribution < -0.4 is 4.74 Å². The van der Waals surface area contributed by atoms with E-state index in [9.17, 15) is 4.79 Å². The van der Waals surface area contributed by atoms with Gasteiger partial charge < -0.3 is 23.8 Å². The van der Waals surface area contributed by atoms with Crippen molar-refractivity contribution >= 4 is 12.0 Å². The predicted molar refractivity (Wildman–Crippen MR) is 141 cm³/mol. The summed E-state index contributed by atoms with van der Waals surface area (Å²) < 4.78 is 28.1. The molecule has 37 heavy (non-hydrogen) atoms. The van der Waals surface area contributed by atoms with Crippen LogP contribution in [0, 0.1) is 12.8 Å². The number of benzene rings is 1. The normalized spacial score (nSPS) is 22.1. The van der Waals surface area contributed by atoms with Crippen LogP contribution in [0.25, 0.3) is 11.8 Å². The monoisotopic (exact) mass is 506 g/mol. The van der Waals surface area contributed by atoms with Crippen LogP contribution in [-0.2, 0) is 9.53 Å². The van der Waals surface area contributed by atoms with E-state index in [0.717, 1.165) is 61.4 Å². The first-order valence-electron chi connectivity index (χ1n) is 13.1. The minimum absolute atomic E-state index is 0.0201. The first-order valence-corrected chi connectivity index (χ1v) is 13.1. The van der Waals surface area contributed by atoms with Gasteiger partial charge in [0.2, 0.25) is 5.91 Å². The molecule has 2 saturated heterocycles. The molecule has 196 valence electrons. The average Bonchev–Trinajstić information content (AvgIpc) is 3.15. The number of carbonyl (C=O) groups excluding carboxylic acids is 1. The second kappa shape index (κ2) is 11.3. The third-order valence-electron chi connectivity index (χ3n) is 7.23. The van der Waals surface area contributed by atoms with E-state index in [1.54, 1.807) is 19.5 Å². The van der Waals surface area contributed by atoms with Crippen molar-refractivity contribution in [2.24, 2.45) is 5.92 Å². The molecule has 1 atom stereocenters. The first kappa shape index (κ1) is 25.3. The van der Waals surface area contributed by atoms with Gasteiger partial charge in [-0.1, -0.05) is 12.1 Å². The van der Waals surface area contributed by atoms with Gasteiger partial charge in [-0.25, -0.2) is 9.37 Å². The van der Waals surface area contributed by atoms with E-state index >= 15 is 4.39 Å². The zero-order valence-corrected chi connectivity index (χ0v) is 21.7. The fraction of sp³-hybridized carbons (Fsp3) is 0.448. The van der Waals surface area contributed by atoms with E-state index in [0.29, 0.717) is 37.7 Å². The molecule has 0 radical (unpaired) electrons. The number of carbonyl (C=O) groups is 1. The predicted octanol–water partition coefficient (Wildman–Crippen LogP) is 4.67. The quantitative estimate of drug-likeness (QED) is 0.533. The fourth-order valence-electron chi connectivity index (χ4n) is 5.33. The van der Waals surface area contributed by atoms with Crippen molar-refractivity contribution in [1.29, 1.82) is 0 Å². The molecule has 7 nitrogen and oxygen atoms in total. The Morgan fingerprint density at radius 3 is 2.89 bits per heavy atom. The van der Waals surface area contributed by atoms with Crippen LogP contribution in [0.5, 0.6) is 5.75 Å². The molecule has 0 saturated carbocycles. The summed E-state index contributed by atoms with van der Waals surface area (Å²) >= 11 is 0. The largest absolute Gasteiger partial charge is 0.495 e. The summed E-state index contributed by atoms with van der Waals surface area (Å²) in [6.07, 6.45) is 12.6. The number of rotatable bonds is 6. The average molecular weight is 507 g/mol. The van der Waals surface area contributed by atoms with Crippen LogP contribution in [0.3, 0.4) is 0 Å². The molecule has 8 heteroatoms. The Bertz CT molecular complexity index is 1220. The molecule has 2 fully saturated rings. The number of hydrogen-bond acceptors (Lipinski definition) is 5. The number of methoxy groups -OCH3 is 1. The number of aryl methyl sites for hydroxylation is 1. The molecule has 1 aliphatic carbocycles. The molecule has 1 unspecified atom stereocenters. The number of aromatic nitrogens is 2. The van der Waals surface area contributed by atoms with Crippen molar-refractivity contribution in [3.63, 3.8) is 0 Å². The third kappa shape index (κ3) is 5.80. The van der Waals surface area contributed by atoms with Crippen LogP contribution in [0.15, 0.2) is 60.0 Å². The van der Waals surface area contributed by atoms with Crippen molar-refractivity contribution in [2.45, 2.75) is 32.6 Å². The highest BCUT2D eigenvalue weighted by Gasteiger charge is 2.28. The van der Waals surface area contributed by atoms with Crippen molar-refractivity contribution < 1.29 is 18.7 Å². The van der Waals surface area contributed by atoms with Gasteiger partial charge in [0.15, 0.2) is 0 Å². The second-order valence-corrected chi connectivity index (χ2v) is 9.93. The Morgan fingerprint density at radius 1 is 1.22 bits per heavy atom. The third-order valence-corrected chi connectivity index (χ3v) is 7.23. The van der Waals surface area contributed by atoms with Gasteiger partial charge in [-0.3, -0.25) is 4.79 Å². The zero-order valence-electron chi connectivity index (χ0n) is 21.7. The Hall–Kier alpha value is -3.39. The number of piperidine rings is 1. The number of halogens is 1. The molecule has 5 rings (SSSR count). The van der Waals surface area contributed by atoms with Gasteiger partial charge in [-0.2, -0.15) is 0 Å². The van der Waals surface area contributed by atoms with Gasteiger partial charge in [-0.05, 0) is 62.5 Å². The molecule has 2 aliphatic heterocycles. The lowest BCUT2D eigenvalue weighted by molar-refractivity contribution is -0.129. The molecule has 3 aliphatic rings. The minimum atomic E-state index is -0.182. The summed E-state index contributed by atoms with van der Waals surface area (Å²) in [5.74, 6) is 0.549. The Morgan fingerprint density at radius 2 is 2.11 bits per heavy atom. The van der Waals surface area contributed by atoms with Gasteiger partial charge in [-0.15, -0.1) is 0 Å². The number of allylic oxidation sites excluding steroid dienone is 2. The molecular weight excluding hydrogens is 471 g/mol. The van der Waals surface area contributed by atoms with Gasteiger partial charge in [0.25, 0.3) is 0 Å². The van der Waals surface area contributed by atoms with Crippen molar-refractivity contribution in [1.82, 2.24) is 19.4 Å². The zero-order chi connectivity index (χ0) is 25.8. The van der Waals surface area contributed by atoms with Gasteiger partial charge in [0.1, 0.15) is 11.6 Å². The van der Waals surface area contributed by atoms with E-state index in [2.05, 4.69) is 9.88 Å². The molecule has 0 spiro atoms. The molecular formula is C29H35FN4O3. The lowest BCUT2D eigenvalue weighted by atomic mass is 9.95. The highest BCUT2D eigenvalue weighted by Crippen LogP contribution is 2.31. The molecule has 3 heterocycles. The number of amides is 1. The Kier molecular flexibility index (Phi) is 7.74. The maximum atomic E-state index is 15.0. The topological polar surface area (TPSA) is 59.8 Å². The van der Waals surface area contributed by atoms with E-state index in [4.69, 9.17) is 9.47 Å². The van der Waals surface area contributed by atoms with Crippen LogP contribution in [0.1, 0.15) is 36.9 Å². The summed E-state index contributed by atoms with van der Waals surface area (Å²) in [4.78, 5) is 21.6. The summed E-state index contributed by atoms with van der Waals surface area (Å²) in [7, 11) is 1.64. The number of ether oxygens (including phenoxy) is 2. The molecule has 2 aromatic rings. The molecule has 1 aromatic heterocycles. The van der Waals surface area contributed by atoms with Crippen molar-refractivity contribution in [3.05, 3.63) is 71.2 Å². The Balaban J connectivity index is 1.26. The molecule has 1 amide bonds. The summed E-state index contributed by atoms with van der Waals surface area (Å²) in [5, 5.41) is 0. The molecule has 0 bridgehead atoms. The van der Waals surface area contributed by atoms with E-state index in [1.807, 2.05) is 52.9 Å². The maximum absolute atomic E-state index is 15.0. The standard InChI is InChI=1S/C29H35FN4O3/c1-21-18-34(20-31-21)27-9-6-22(17-28(27)36-2)15-24-5-3-10-33(29(24)35)19-23-7-8-26(25(30)16-23)32-11-4-13-37-14-12-32/h6,8-9,15-18,20,23H,3-5,7,10-14,19H2,1-2H3/b24-15+. The van der Waals surface area contributed by atoms with Crippen LogP contribution in [0.4, 0.5) is 4.39 Å². The number of imidazole rings is 1. The van der Waals surface area contributed by atoms with Crippen molar-refractivity contribution in [3.8, 4) is 11.4 Å². The van der Waals surface area contributed by atoms with Crippen LogP contribution >= 0.6 is 0 Å². The number of nitrogens with zero attached hydrogens (tertiary/aromatic N) is 4. The minimum Gasteiger partial charge on any atom is -0.495 e. The van der Waals surface area contributed by atoms with E-state index < -0.39 is 0 Å². The SMILES string of the molecule is COc1cc(/C=C2\CCCN(CC3C=C(F)C(N4CCCOCC4)=CC3)C2=O)ccc1-n1cnc(C)c1. The number of likely N-dealkylation sites (tertiary alicyclic amines) is 1.